The number of rotatable bonds is 5. The van der Waals surface area contributed by atoms with Crippen LogP contribution < -0.4 is 10.2 Å². The van der Waals surface area contributed by atoms with Crippen LogP contribution in [0.1, 0.15) is 44.7 Å². The molecule has 1 fully saturated rings. The SMILES string of the molecule is Cc1cc(CC(NC(=O)OC(C)(C)C)C(=O)O)ccc1N1CCCC1. The predicted molar refractivity (Wildman–Crippen MR) is 97.1 cm³/mol. The molecule has 0 aromatic heterocycles. The Morgan fingerprint density at radius 3 is 2.44 bits per heavy atom. The highest BCUT2D eigenvalue weighted by Crippen LogP contribution is 2.25. The van der Waals surface area contributed by atoms with Crippen LogP contribution in [0.4, 0.5) is 10.5 Å². The van der Waals surface area contributed by atoms with Crippen molar-refractivity contribution in [3.63, 3.8) is 0 Å². The van der Waals surface area contributed by atoms with Crippen molar-refractivity contribution in [2.45, 2.75) is 58.6 Å². The number of ether oxygens (including phenoxy) is 1. The van der Waals surface area contributed by atoms with E-state index in [1.54, 1.807) is 20.8 Å². The standard InChI is InChI=1S/C19H28N2O4/c1-13-11-14(7-8-16(13)21-9-5-6-10-21)12-15(17(22)23)20-18(24)25-19(2,3)4/h7-8,11,15H,5-6,9-10,12H2,1-4H3,(H,20,24)(H,22,23). The summed E-state index contributed by atoms with van der Waals surface area (Å²) in [5.74, 6) is -1.08. The highest BCUT2D eigenvalue weighted by molar-refractivity contribution is 5.80. The van der Waals surface area contributed by atoms with E-state index in [-0.39, 0.29) is 6.42 Å². The Bertz CT molecular complexity index is 631. The molecule has 1 unspecified atom stereocenters. The van der Waals surface area contributed by atoms with E-state index in [1.807, 2.05) is 25.1 Å². The van der Waals surface area contributed by atoms with E-state index < -0.39 is 23.7 Å². The minimum atomic E-state index is -1.08. The Kier molecular flexibility index (Phi) is 5.93. The normalized spacial score (nSPS) is 15.8. The lowest BCUT2D eigenvalue weighted by atomic mass is 10.0. The van der Waals surface area contributed by atoms with Gasteiger partial charge >= 0.3 is 12.1 Å². The molecule has 6 nitrogen and oxygen atoms in total. The van der Waals surface area contributed by atoms with Gasteiger partial charge in [-0.1, -0.05) is 12.1 Å². The second-order valence-electron chi connectivity index (χ2n) is 7.56. The van der Waals surface area contributed by atoms with Crippen LogP contribution in [0.5, 0.6) is 0 Å². The first-order valence-electron chi connectivity index (χ1n) is 8.72. The van der Waals surface area contributed by atoms with Gasteiger partial charge in [-0.25, -0.2) is 9.59 Å². The number of nitrogens with one attached hydrogen (secondary N) is 1. The molecule has 1 aliphatic rings. The number of aliphatic carboxylic acids is 1. The Labute approximate surface area is 149 Å². The average molecular weight is 348 g/mol. The van der Waals surface area contributed by atoms with E-state index in [4.69, 9.17) is 4.74 Å². The Balaban J connectivity index is 2.05. The van der Waals surface area contributed by atoms with Gasteiger partial charge in [0.2, 0.25) is 0 Å². The molecule has 6 heteroatoms. The summed E-state index contributed by atoms with van der Waals surface area (Å²) in [5, 5.41) is 11.8. The van der Waals surface area contributed by atoms with E-state index in [0.717, 1.165) is 24.2 Å². The van der Waals surface area contributed by atoms with E-state index in [2.05, 4.69) is 10.2 Å². The monoisotopic (exact) mass is 348 g/mol. The third kappa shape index (κ3) is 5.66. The predicted octanol–water partition coefficient (Wildman–Crippen LogP) is 3.12. The summed E-state index contributed by atoms with van der Waals surface area (Å²) in [7, 11) is 0. The van der Waals surface area contributed by atoms with Crippen molar-refractivity contribution in [2.75, 3.05) is 18.0 Å². The highest BCUT2D eigenvalue weighted by atomic mass is 16.6. The maximum atomic E-state index is 11.9. The summed E-state index contributed by atoms with van der Waals surface area (Å²) in [6, 6.07) is 4.96. The minimum absolute atomic E-state index is 0.218. The number of benzene rings is 1. The van der Waals surface area contributed by atoms with E-state index in [1.165, 1.54) is 18.5 Å². The van der Waals surface area contributed by atoms with Crippen molar-refractivity contribution in [2.24, 2.45) is 0 Å². The minimum Gasteiger partial charge on any atom is -0.480 e. The molecule has 1 aromatic rings. The van der Waals surface area contributed by atoms with Gasteiger partial charge in [-0.05, 0) is 57.7 Å². The molecule has 0 spiro atoms. The molecule has 138 valence electrons. The molecule has 0 aliphatic carbocycles. The van der Waals surface area contributed by atoms with E-state index in [0.29, 0.717) is 0 Å². The van der Waals surface area contributed by atoms with Gasteiger partial charge in [0.15, 0.2) is 0 Å². The number of nitrogens with zero attached hydrogens (tertiary/aromatic N) is 1. The van der Waals surface area contributed by atoms with Crippen LogP contribution in [0, 0.1) is 6.92 Å². The zero-order valence-corrected chi connectivity index (χ0v) is 15.5. The van der Waals surface area contributed by atoms with Gasteiger partial charge in [-0.3, -0.25) is 0 Å². The molecule has 0 radical (unpaired) electrons. The lowest BCUT2D eigenvalue weighted by Gasteiger charge is -2.23. The van der Waals surface area contributed by atoms with Gasteiger partial charge in [0, 0.05) is 25.2 Å². The summed E-state index contributed by atoms with van der Waals surface area (Å²) >= 11 is 0. The van der Waals surface area contributed by atoms with Crippen molar-refractivity contribution < 1.29 is 19.4 Å². The number of amides is 1. The van der Waals surface area contributed by atoms with Crippen LogP contribution in [0.2, 0.25) is 0 Å². The third-order valence-electron chi connectivity index (χ3n) is 4.14. The molecule has 1 atom stereocenters. The maximum Gasteiger partial charge on any atom is 0.408 e. The number of aryl methyl sites for hydroxylation is 1. The Morgan fingerprint density at radius 2 is 1.92 bits per heavy atom. The molecule has 1 heterocycles. The number of anilines is 1. The lowest BCUT2D eigenvalue weighted by molar-refractivity contribution is -0.139. The molecule has 1 aromatic carbocycles. The second kappa shape index (κ2) is 7.76. The van der Waals surface area contributed by atoms with Gasteiger partial charge < -0.3 is 20.1 Å². The summed E-state index contributed by atoms with van der Waals surface area (Å²) in [5.41, 5.74) is 2.54. The van der Waals surface area contributed by atoms with Crippen molar-refractivity contribution in [1.82, 2.24) is 5.32 Å². The van der Waals surface area contributed by atoms with E-state index in [9.17, 15) is 14.7 Å². The number of carboxylic acids is 1. The highest BCUT2D eigenvalue weighted by Gasteiger charge is 2.24. The van der Waals surface area contributed by atoms with Gasteiger partial charge in [0.25, 0.3) is 0 Å². The molecule has 2 N–H and O–H groups in total. The fourth-order valence-electron chi connectivity index (χ4n) is 3.04. The summed E-state index contributed by atoms with van der Waals surface area (Å²) in [6.07, 6.45) is 1.92. The number of hydrogen-bond acceptors (Lipinski definition) is 4. The molecule has 0 bridgehead atoms. The molecule has 2 rings (SSSR count). The first kappa shape index (κ1) is 19.1. The molecule has 1 aliphatic heterocycles. The van der Waals surface area contributed by atoms with Crippen LogP contribution in [0.3, 0.4) is 0 Å². The number of carbonyl (C=O) groups is 2. The summed E-state index contributed by atoms with van der Waals surface area (Å²) in [6.45, 7) is 9.39. The molecule has 1 saturated heterocycles. The van der Waals surface area contributed by atoms with Gasteiger partial charge in [0.1, 0.15) is 11.6 Å². The van der Waals surface area contributed by atoms with Crippen molar-refractivity contribution in [3.8, 4) is 0 Å². The fourth-order valence-corrected chi connectivity index (χ4v) is 3.04. The Hall–Kier alpha value is -2.24. The third-order valence-corrected chi connectivity index (χ3v) is 4.14. The molecular formula is C19H28N2O4. The summed E-state index contributed by atoms with van der Waals surface area (Å²) < 4.78 is 5.15. The molecular weight excluding hydrogens is 320 g/mol. The van der Waals surface area contributed by atoms with Crippen molar-refractivity contribution in [3.05, 3.63) is 29.3 Å². The molecule has 0 saturated carbocycles. The lowest BCUT2D eigenvalue weighted by Crippen LogP contribution is -2.44. The topological polar surface area (TPSA) is 78.9 Å². The van der Waals surface area contributed by atoms with Crippen LogP contribution >= 0.6 is 0 Å². The zero-order chi connectivity index (χ0) is 18.6. The number of alkyl carbamates (subject to hydrolysis) is 1. The first-order chi connectivity index (χ1) is 11.7. The quantitative estimate of drug-likeness (QED) is 0.855. The average Bonchev–Trinajstić information content (AvgIpc) is 2.98. The van der Waals surface area contributed by atoms with Crippen molar-refractivity contribution >= 4 is 17.7 Å². The fraction of sp³-hybridized carbons (Fsp3) is 0.579. The van der Waals surface area contributed by atoms with Crippen LogP contribution in [-0.4, -0.2) is 41.9 Å². The van der Waals surface area contributed by atoms with E-state index >= 15 is 0 Å². The van der Waals surface area contributed by atoms with Crippen LogP contribution in [0.15, 0.2) is 18.2 Å². The number of hydrogen-bond donors (Lipinski definition) is 2. The van der Waals surface area contributed by atoms with Crippen molar-refractivity contribution in [1.29, 1.82) is 0 Å². The molecule has 1 amide bonds. The first-order valence-corrected chi connectivity index (χ1v) is 8.72. The summed E-state index contributed by atoms with van der Waals surface area (Å²) in [4.78, 5) is 25.7. The van der Waals surface area contributed by atoms with Gasteiger partial charge in [-0.2, -0.15) is 0 Å². The second-order valence-corrected chi connectivity index (χ2v) is 7.56. The van der Waals surface area contributed by atoms with Gasteiger partial charge in [-0.15, -0.1) is 0 Å². The smallest absolute Gasteiger partial charge is 0.408 e. The number of carbonyl (C=O) groups excluding carboxylic acids is 1. The Morgan fingerprint density at radius 1 is 1.28 bits per heavy atom. The largest absolute Gasteiger partial charge is 0.480 e. The maximum absolute atomic E-state index is 11.9. The molecule has 25 heavy (non-hydrogen) atoms. The van der Waals surface area contributed by atoms with Gasteiger partial charge in [0.05, 0.1) is 0 Å². The zero-order valence-electron chi connectivity index (χ0n) is 15.5. The number of carboxylic acid groups (broad SMARTS) is 1. The van der Waals surface area contributed by atoms with Crippen LogP contribution in [-0.2, 0) is 16.0 Å². The van der Waals surface area contributed by atoms with Crippen LogP contribution in [0.25, 0.3) is 0 Å².